The normalized spacial score (nSPS) is 15.7. The fourth-order valence-corrected chi connectivity index (χ4v) is 2.13. The van der Waals surface area contributed by atoms with Crippen LogP contribution in [0.5, 0.6) is 5.75 Å². The van der Waals surface area contributed by atoms with E-state index in [9.17, 15) is 0 Å². The van der Waals surface area contributed by atoms with Gasteiger partial charge >= 0.3 is 0 Å². The predicted molar refractivity (Wildman–Crippen MR) is 77.3 cm³/mol. The molecule has 0 amide bonds. The molecule has 1 aromatic carbocycles. The highest BCUT2D eigenvalue weighted by Gasteiger charge is 2.12. The van der Waals surface area contributed by atoms with Gasteiger partial charge in [-0.05, 0) is 31.4 Å². The maximum absolute atomic E-state index is 5.69. The lowest BCUT2D eigenvalue weighted by molar-refractivity contribution is -0.904. The van der Waals surface area contributed by atoms with Gasteiger partial charge in [-0.15, -0.1) is 0 Å². The van der Waals surface area contributed by atoms with Gasteiger partial charge in [0.1, 0.15) is 18.9 Å². The first-order valence-corrected chi connectivity index (χ1v) is 7.38. The Hall–Kier alpha value is -1.02. The molecule has 0 unspecified atom stereocenters. The molecule has 102 valence electrons. The molecule has 2 rings (SSSR count). The lowest BCUT2D eigenvalue weighted by Gasteiger charge is -2.23. The van der Waals surface area contributed by atoms with Crippen molar-refractivity contribution in [2.75, 3.05) is 26.2 Å². The molecule has 0 bridgehead atoms. The summed E-state index contributed by atoms with van der Waals surface area (Å²) in [6.45, 7) is 8.91. The largest absolute Gasteiger partial charge is 0.488 e. The molecule has 1 N–H and O–H groups in total. The van der Waals surface area contributed by atoms with Gasteiger partial charge in [0, 0.05) is 0 Å². The second-order valence-corrected chi connectivity index (χ2v) is 4.93. The van der Waals surface area contributed by atoms with Crippen LogP contribution in [0.1, 0.15) is 39.5 Å². The summed E-state index contributed by atoms with van der Waals surface area (Å²) in [6.07, 6.45) is 5.45. The van der Waals surface area contributed by atoms with Crippen molar-refractivity contribution < 1.29 is 9.64 Å². The van der Waals surface area contributed by atoms with Crippen LogP contribution in [0, 0.1) is 0 Å². The molecule has 0 atom stereocenters. The zero-order valence-corrected chi connectivity index (χ0v) is 12.0. The average molecular weight is 250 g/mol. The first-order valence-electron chi connectivity index (χ1n) is 7.38. The van der Waals surface area contributed by atoms with E-state index in [1.807, 2.05) is 30.3 Å². The summed E-state index contributed by atoms with van der Waals surface area (Å²) in [4.78, 5) is 1.71. The van der Waals surface area contributed by atoms with Gasteiger partial charge in [-0.2, -0.15) is 0 Å². The first kappa shape index (κ1) is 15.0. The maximum atomic E-state index is 5.69. The minimum Gasteiger partial charge on any atom is -0.488 e. The molecule has 1 aliphatic heterocycles. The topological polar surface area (TPSA) is 13.7 Å². The highest BCUT2D eigenvalue weighted by atomic mass is 16.5. The van der Waals surface area contributed by atoms with E-state index in [4.69, 9.17) is 4.74 Å². The molecule has 2 nitrogen and oxygen atoms in total. The summed E-state index contributed by atoms with van der Waals surface area (Å²) >= 11 is 0. The summed E-state index contributed by atoms with van der Waals surface area (Å²) in [6, 6.07) is 10.1. The number of ether oxygens (including phenoxy) is 1. The Kier molecular flexibility index (Phi) is 8.32. The molecule has 1 aliphatic rings. The van der Waals surface area contributed by atoms with Crippen LogP contribution < -0.4 is 9.64 Å². The van der Waals surface area contributed by atoms with Crippen LogP contribution in [-0.2, 0) is 0 Å². The Morgan fingerprint density at radius 3 is 2.22 bits per heavy atom. The average Bonchev–Trinajstić information content (AvgIpc) is 2.42. The maximum Gasteiger partial charge on any atom is 0.137 e. The Labute approximate surface area is 112 Å². The Balaban J connectivity index is 0.000000492. The highest BCUT2D eigenvalue weighted by molar-refractivity contribution is 5.20. The molecule has 0 aliphatic carbocycles. The van der Waals surface area contributed by atoms with Crippen molar-refractivity contribution in [1.82, 2.24) is 0 Å². The summed E-state index contributed by atoms with van der Waals surface area (Å²) in [7, 11) is 0. The van der Waals surface area contributed by atoms with Gasteiger partial charge in [0.05, 0.1) is 13.1 Å². The fraction of sp³-hybridized carbons (Fsp3) is 0.625. The van der Waals surface area contributed by atoms with Crippen molar-refractivity contribution in [1.29, 1.82) is 0 Å². The number of quaternary nitrogens is 1. The molecular weight excluding hydrogens is 222 g/mol. The highest BCUT2D eigenvalue weighted by Crippen LogP contribution is 2.07. The molecule has 1 aromatic rings. The standard InChI is InChI=1S/C13H19NO.C3H8/c1-3-7-13(8-4-1)15-12-11-14-9-5-2-6-10-14;1-3-2/h1,3-4,7-8H,2,5-6,9-12H2;3H2,1-2H3/p+1. The SMILES string of the molecule is CCC.c1ccc(OCC[NH+]2CCCCC2)cc1. The predicted octanol–water partition coefficient (Wildman–Crippen LogP) is 2.55. The number of hydrogen-bond donors (Lipinski definition) is 1. The third kappa shape index (κ3) is 6.65. The van der Waals surface area contributed by atoms with Crippen molar-refractivity contribution in [3.63, 3.8) is 0 Å². The molecule has 18 heavy (non-hydrogen) atoms. The molecule has 1 saturated heterocycles. The van der Waals surface area contributed by atoms with Crippen LogP contribution in [0.15, 0.2) is 30.3 Å². The molecule has 0 saturated carbocycles. The Bertz CT molecular complexity index is 280. The zero-order valence-electron chi connectivity index (χ0n) is 12.0. The summed E-state index contributed by atoms with van der Waals surface area (Å²) in [5.41, 5.74) is 0. The minimum absolute atomic E-state index is 0.847. The van der Waals surface area contributed by atoms with E-state index in [2.05, 4.69) is 13.8 Å². The summed E-state index contributed by atoms with van der Waals surface area (Å²) < 4.78 is 5.69. The monoisotopic (exact) mass is 250 g/mol. The van der Waals surface area contributed by atoms with Crippen molar-refractivity contribution in [3.8, 4) is 5.75 Å². The second-order valence-electron chi connectivity index (χ2n) is 4.93. The van der Waals surface area contributed by atoms with E-state index >= 15 is 0 Å². The molecule has 2 heteroatoms. The number of nitrogens with one attached hydrogen (secondary N) is 1. The van der Waals surface area contributed by atoms with Crippen LogP contribution in [0.3, 0.4) is 0 Å². The number of likely N-dealkylation sites (tertiary alicyclic amines) is 1. The van der Waals surface area contributed by atoms with Gasteiger partial charge < -0.3 is 9.64 Å². The van der Waals surface area contributed by atoms with Gasteiger partial charge in [0.2, 0.25) is 0 Å². The van der Waals surface area contributed by atoms with Gasteiger partial charge in [0.25, 0.3) is 0 Å². The minimum atomic E-state index is 0.847. The Morgan fingerprint density at radius 2 is 1.61 bits per heavy atom. The quantitative estimate of drug-likeness (QED) is 0.867. The first-order chi connectivity index (χ1) is 8.86. The van der Waals surface area contributed by atoms with Crippen molar-refractivity contribution in [2.24, 2.45) is 0 Å². The number of rotatable bonds is 4. The van der Waals surface area contributed by atoms with Crippen molar-refractivity contribution in [3.05, 3.63) is 30.3 Å². The smallest absolute Gasteiger partial charge is 0.137 e. The zero-order chi connectivity index (χ0) is 13.1. The third-order valence-corrected chi connectivity index (χ3v) is 3.03. The van der Waals surface area contributed by atoms with Gasteiger partial charge in [-0.1, -0.05) is 38.5 Å². The number of hydrogen-bond acceptors (Lipinski definition) is 1. The van der Waals surface area contributed by atoms with E-state index in [1.165, 1.54) is 38.8 Å². The molecular formula is C16H28NO+. The van der Waals surface area contributed by atoms with Gasteiger partial charge in [-0.25, -0.2) is 0 Å². The van der Waals surface area contributed by atoms with E-state index in [0.29, 0.717) is 0 Å². The molecule has 0 aromatic heterocycles. The van der Waals surface area contributed by atoms with E-state index in [1.54, 1.807) is 4.90 Å². The second kappa shape index (κ2) is 9.95. The van der Waals surface area contributed by atoms with Crippen LogP contribution in [0.2, 0.25) is 0 Å². The molecule has 0 spiro atoms. The van der Waals surface area contributed by atoms with Crippen LogP contribution in [0.4, 0.5) is 0 Å². The molecule has 0 radical (unpaired) electrons. The van der Waals surface area contributed by atoms with E-state index in [0.717, 1.165) is 18.9 Å². The van der Waals surface area contributed by atoms with Crippen LogP contribution in [0.25, 0.3) is 0 Å². The van der Waals surface area contributed by atoms with Crippen LogP contribution in [-0.4, -0.2) is 26.2 Å². The lowest BCUT2D eigenvalue weighted by atomic mass is 10.1. The fourth-order valence-electron chi connectivity index (χ4n) is 2.13. The molecule has 1 heterocycles. The van der Waals surface area contributed by atoms with Gasteiger partial charge in [-0.3, -0.25) is 0 Å². The number of para-hydroxylation sites is 1. The van der Waals surface area contributed by atoms with Crippen molar-refractivity contribution >= 4 is 0 Å². The number of piperidine rings is 1. The Morgan fingerprint density at radius 1 is 1.00 bits per heavy atom. The van der Waals surface area contributed by atoms with Crippen LogP contribution >= 0.6 is 0 Å². The van der Waals surface area contributed by atoms with Crippen molar-refractivity contribution in [2.45, 2.75) is 39.5 Å². The summed E-state index contributed by atoms with van der Waals surface area (Å²) in [5.74, 6) is 0.994. The number of benzene rings is 1. The molecule has 1 fully saturated rings. The lowest BCUT2D eigenvalue weighted by Crippen LogP contribution is -3.13. The summed E-state index contributed by atoms with van der Waals surface area (Å²) in [5, 5.41) is 0. The van der Waals surface area contributed by atoms with E-state index in [-0.39, 0.29) is 0 Å². The third-order valence-electron chi connectivity index (χ3n) is 3.03. The van der Waals surface area contributed by atoms with E-state index < -0.39 is 0 Å². The van der Waals surface area contributed by atoms with Gasteiger partial charge in [0.15, 0.2) is 0 Å².